The number of fused-ring (bicyclic) bond motifs is 1. The van der Waals surface area contributed by atoms with Gasteiger partial charge in [0, 0.05) is 23.6 Å². The van der Waals surface area contributed by atoms with Crippen molar-refractivity contribution in [2.75, 3.05) is 5.32 Å². The molecule has 0 aliphatic heterocycles. The number of nitrogens with one attached hydrogen (secondary N) is 1. The van der Waals surface area contributed by atoms with E-state index in [0.29, 0.717) is 16.2 Å². The fourth-order valence-corrected chi connectivity index (χ4v) is 4.34. The smallest absolute Gasteiger partial charge is 0.280 e. The number of anilines is 1. The molecule has 0 saturated heterocycles. The van der Waals surface area contributed by atoms with Gasteiger partial charge in [-0.1, -0.05) is 60.7 Å². The Kier molecular flexibility index (Phi) is 4.87. The maximum atomic E-state index is 13.4. The van der Waals surface area contributed by atoms with Crippen LogP contribution in [-0.4, -0.2) is 30.3 Å². The van der Waals surface area contributed by atoms with Gasteiger partial charge in [0.15, 0.2) is 0 Å². The molecule has 3 heterocycles. The fourth-order valence-electron chi connectivity index (χ4n) is 3.54. The number of carbonyl (C=O) groups is 1. The number of carbonyl (C=O) groups excluding carboxylic acids is 1. The van der Waals surface area contributed by atoms with E-state index in [0.717, 1.165) is 16.8 Å². The number of amides is 1. The van der Waals surface area contributed by atoms with Gasteiger partial charge in [-0.05, 0) is 12.5 Å². The molecule has 0 fully saturated rings. The predicted molar refractivity (Wildman–Crippen MR) is 124 cm³/mol. The molecule has 2 aromatic carbocycles. The van der Waals surface area contributed by atoms with Crippen LogP contribution < -0.4 is 10.9 Å². The Morgan fingerprint density at radius 2 is 1.62 bits per heavy atom. The average molecular weight is 443 g/mol. The summed E-state index contributed by atoms with van der Waals surface area (Å²) in [5.74, 6) is -0.441. The van der Waals surface area contributed by atoms with Crippen molar-refractivity contribution in [2.45, 2.75) is 6.92 Å². The number of aryl methyl sites for hydroxylation is 2. The van der Waals surface area contributed by atoms with Crippen molar-refractivity contribution in [3.05, 3.63) is 87.7 Å². The number of nitrogens with zero attached hydrogens (tertiary/aromatic N) is 5. The van der Waals surface area contributed by atoms with E-state index in [2.05, 4.69) is 20.5 Å². The van der Waals surface area contributed by atoms with Gasteiger partial charge in [0.05, 0.1) is 11.4 Å². The Labute approximate surface area is 186 Å². The van der Waals surface area contributed by atoms with Gasteiger partial charge >= 0.3 is 0 Å². The molecule has 5 rings (SSSR count). The largest absolute Gasteiger partial charge is 0.289 e. The van der Waals surface area contributed by atoms with Crippen LogP contribution in [0.15, 0.2) is 70.8 Å². The summed E-state index contributed by atoms with van der Waals surface area (Å²) >= 11 is 1.43. The van der Waals surface area contributed by atoms with Gasteiger partial charge in [-0.25, -0.2) is 9.20 Å². The molecule has 8 nitrogen and oxygen atoms in total. The van der Waals surface area contributed by atoms with Crippen LogP contribution in [0.25, 0.3) is 27.3 Å². The maximum Gasteiger partial charge on any atom is 0.280 e. The van der Waals surface area contributed by atoms with Crippen LogP contribution in [0.4, 0.5) is 5.95 Å². The molecule has 0 atom stereocenters. The van der Waals surface area contributed by atoms with Crippen molar-refractivity contribution in [1.82, 2.24) is 24.4 Å². The van der Waals surface area contributed by atoms with Gasteiger partial charge < -0.3 is 0 Å². The van der Waals surface area contributed by atoms with E-state index in [-0.39, 0.29) is 11.5 Å². The molecule has 32 heavy (non-hydrogen) atoms. The summed E-state index contributed by atoms with van der Waals surface area (Å²) in [5, 5.41) is 13.5. The van der Waals surface area contributed by atoms with E-state index in [4.69, 9.17) is 0 Å². The molecule has 0 aliphatic rings. The molecule has 0 radical (unpaired) electrons. The van der Waals surface area contributed by atoms with Crippen LogP contribution in [0.2, 0.25) is 0 Å². The van der Waals surface area contributed by atoms with Crippen LogP contribution in [0, 0.1) is 6.92 Å². The summed E-state index contributed by atoms with van der Waals surface area (Å²) < 4.78 is 2.84. The Bertz CT molecular complexity index is 1500. The highest BCUT2D eigenvalue weighted by Crippen LogP contribution is 2.32. The molecule has 0 aliphatic carbocycles. The van der Waals surface area contributed by atoms with E-state index in [1.54, 1.807) is 4.52 Å². The SMILES string of the molecule is Cc1csc2nc(NC(=O)c3c(-c4ccccc4)c(-c4ccccc4)nn(C)c3=O)nn12. The molecule has 3 aromatic heterocycles. The third-order valence-electron chi connectivity index (χ3n) is 5.05. The van der Waals surface area contributed by atoms with Crippen LogP contribution in [0.5, 0.6) is 0 Å². The molecule has 9 heteroatoms. The third-order valence-corrected chi connectivity index (χ3v) is 5.99. The molecule has 0 bridgehead atoms. The predicted octanol–water partition coefficient (Wildman–Crippen LogP) is 3.78. The standard InChI is InChI=1S/C23H18N6O2S/c1-14-13-32-23-25-22(27-29(14)23)24-20(30)18-17(15-9-5-3-6-10-15)19(26-28(2)21(18)31)16-11-7-4-8-12-16/h3-13H,1-2H3,(H,24,27,30). The Morgan fingerprint density at radius 1 is 0.969 bits per heavy atom. The van der Waals surface area contributed by atoms with Gasteiger partial charge in [0.2, 0.25) is 4.96 Å². The number of rotatable bonds is 4. The highest BCUT2D eigenvalue weighted by molar-refractivity contribution is 7.15. The lowest BCUT2D eigenvalue weighted by Gasteiger charge is -2.15. The first-order valence-corrected chi connectivity index (χ1v) is 10.8. The average Bonchev–Trinajstić information content (AvgIpc) is 3.37. The zero-order valence-electron chi connectivity index (χ0n) is 17.3. The van der Waals surface area contributed by atoms with Gasteiger partial charge in [-0.2, -0.15) is 10.1 Å². The van der Waals surface area contributed by atoms with E-state index < -0.39 is 11.5 Å². The summed E-state index contributed by atoms with van der Waals surface area (Å²) in [7, 11) is 1.54. The quantitative estimate of drug-likeness (QED) is 0.457. The Morgan fingerprint density at radius 3 is 2.28 bits per heavy atom. The van der Waals surface area contributed by atoms with Crippen LogP contribution in [-0.2, 0) is 7.05 Å². The number of aromatic nitrogens is 5. The highest BCUT2D eigenvalue weighted by Gasteiger charge is 2.25. The first-order chi connectivity index (χ1) is 15.5. The summed E-state index contributed by atoms with van der Waals surface area (Å²) in [6, 6.07) is 18.8. The lowest BCUT2D eigenvalue weighted by molar-refractivity contribution is 0.102. The molecule has 1 N–H and O–H groups in total. The summed E-state index contributed by atoms with van der Waals surface area (Å²) in [6.07, 6.45) is 0. The molecular formula is C23H18N6O2S. The zero-order chi connectivity index (χ0) is 22.2. The topological polar surface area (TPSA) is 94.2 Å². The van der Waals surface area contributed by atoms with Gasteiger partial charge in [0.1, 0.15) is 5.56 Å². The molecule has 158 valence electrons. The van der Waals surface area contributed by atoms with E-state index in [9.17, 15) is 9.59 Å². The molecular weight excluding hydrogens is 424 g/mol. The first kappa shape index (κ1) is 19.8. The number of hydrogen-bond acceptors (Lipinski definition) is 6. The highest BCUT2D eigenvalue weighted by atomic mass is 32.1. The number of hydrogen-bond donors (Lipinski definition) is 1. The third kappa shape index (κ3) is 3.38. The second kappa shape index (κ2) is 7.86. The van der Waals surface area contributed by atoms with Crippen molar-refractivity contribution in [3.63, 3.8) is 0 Å². The van der Waals surface area contributed by atoms with Crippen molar-refractivity contribution in [2.24, 2.45) is 7.05 Å². The maximum absolute atomic E-state index is 13.4. The van der Waals surface area contributed by atoms with Crippen LogP contribution in [0.3, 0.4) is 0 Å². The van der Waals surface area contributed by atoms with Gasteiger partial charge in [0.25, 0.3) is 17.4 Å². The Hall–Kier alpha value is -4.11. The minimum atomic E-state index is -0.583. The van der Waals surface area contributed by atoms with Crippen molar-refractivity contribution in [1.29, 1.82) is 0 Å². The molecule has 0 saturated carbocycles. The normalized spacial score (nSPS) is 11.1. The van der Waals surface area contributed by atoms with Crippen LogP contribution in [0.1, 0.15) is 16.1 Å². The fraction of sp³-hybridized carbons (Fsp3) is 0.0870. The second-order valence-corrected chi connectivity index (χ2v) is 8.06. The lowest BCUT2D eigenvalue weighted by atomic mass is 9.95. The minimum Gasteiger partial charge on any atom is -0.289 e. The minimum absolute atomic E-state index is 0.0116. The zero-order valence-corrected chi connectivity index (χ0v) is 18.1. The van der Waals surface area contributed by atoms with E-state index in [1.165, 1.54) is 23.1 Å². The summed E-state index contributed by atoms with van der Waals surface area (Å²) in [6.45, 7) is 1.90. The van der Waals surface area contributed by atoms with Crippen molar-refractivity contribution < 1.29 is 4.79 Å². The summed E-state index contributed by atoms with van der Waals surface area (Å²) in [4.78, 5) is 31.6. The molecule has 0 spiro atoms. The van der Waals surface area contributed by atoms with E-state index >= 15 is 0 Å². The monoisotopic (exact) mass is 442 g/mol. The summed E-state index contributed by atoms with van der Waals surface area (Å²) in [5.41, 5.74) is 2.92. The van der Waals surface area contributed by atoms with Gasteiger partial charge in [-0.15, -0.1) is 16.4 Å². The van der Waals surface area contributed by atoms with Crippen molar-refractivity contribution in [3.8, 4) is 22.4 Å². The first-order valence-electron chi connectivity index (χ1n) is 9.87. The van der Waals surface area contributed by atoms with Crippen LogP contribution >= 0.6 is 11.3 Å². The second-order valence-electron chi connectivity index (χ2n) is 7.22. The Balaban J connectivity index is 1.70. The van der Waals surface area contributed by atoms with Crippen molar-refractivity contribution >= 4 is 28.2 Å². The van der Waals surface area contributed by atoms with Gasteiger partial charge in [-0.3, -0.25) is 14.9 Å². The number of benzene rings is 2. The molecule has 1 amide bonds. The number of thiazole rings is 1. The molecule has 0 unspecified atom stereocenters. The lowest BCUT2D eigenvalue weighted by Crippen LogP contribution is -2.31. The molecule has 5 aromatic rings. The van der Waals surface area contributed by atoms with E-state index in [1.807, 2.05) is 73.0 Å².